The average Bonchev–Trinajstić information content (AvgIpc) is 2.41. The molecule has 1 amide bonds. The van der Waals surface area contributed by atoms with Crippen LogP contribution in [-0.2, 0) is 4.79 Å². The first-order chi connectivity index (χ1) is 9.56. The van der Waals surface area contributed by atoms with E-state index >= 15 is 0 Å². The zero-order chi connectivity index (χ0) is 14.5. The fourth-order valence-electron chi connectivity index (χ4n) is 1.51. The van der Waals surface area contributed by atoms with Crippen molar-refractivity contribution in [3.63, 3.8) is 0 Å². The zero-order valence-electron chi connectivity index (χ0n) is 10.6. The first kappa shape index (κ1) is 15.2. The van der Waals surface area contributed by atoms with Gasteiger partial charge in [-0.3, -0.25) is 4.79 Å². The van der Waals surface area contributed by atoms with E-state index in [0.717, 1.165) is 4.90 Å². The summed E-state index contributed by atoms with van der Waals surface area (Å²) in [6.45, 7) is 1.82. The van der Waals surface area contributed by atoms with Crippen LogP contribution in [0.1, 0.15) is 6.92 Å². The molecule has 20 heavy (non-hydrogen) atoms. The summed E-state index contributed by atoms with van der Waals surface area (Å²) in [5.41, 5.74) is 0.512. The zero-order valence-corrected chi connectivity index (χ0v) is 13.0. The lowest BCUT2D eigenvalue weighted by atomic mass is 10.3. The van der Waals surface area contributed by atoms with E-state index in [1.165, 1.54) is 11.8 Å². The maximum Gasteiger partial charge on any atom is 0.237 e. The predicted octanol–water partition coefficient (Wildman–Crippen LogP) is 4.51. The van der Waals surface area contributed by atoms with Crippen molar-refractivity contribution in [2.24, 2.45) is 0 Å². The maximum absolute atomic E-state index is 12.1. The van der Waals surface area contributed by atoms with Crippen LogP contribution < -0.4 is 5.32 Å². The molecular formula is C14H12Cl2N2OS. The molecule has 1 aromatic carbocycles. The topological polar surface area (TPSA) is 42.0 Å². The van der Waals surface area contributed by atoms with Crippen molar-refractivity contribution in [1.82, 2.24) is 4.98 Å². The number of rotatable bonds is 4. The lowest BCUT2D eigenvalue weighted by molar-refractivity contribution is -0.115. The molecule has 1 N–H and O–H groups in total. The molecule has 0 aliphatic rings. The second-order valence-electron chi connectivity index (χ2n) is 4.05. The fraction of sp³-hybridized carbons (Fsp3) is 0.143. The number of halogens is 2. The van der Waals surface area contributed by atoms with Gasteiger partial charge in [-0.15, -0.1) is 11.8 Å². The Morgan fingerprint density at radius 1 is 1.30 bits per heavy atom. The van der Waals surface area contributed by atoms with Crippen LogP contribution >= 0.6 is 35.0 Å². The quantitative estimate of drug-likeness (QED) is 0.664. The van der Waals surface area contributed by atoms with Gasteiger partial charge in [0.1, 0.15) is 0 Å². The van der Waals surface area contributed by atoms with Crippen molar-refractivity contribution in [1.29, 1.82) is 0 Å². The van der Waals surface area contributed by atoms with Gasteiger partial charge in [0.2, 0.25) is 5.91 Å². The van der Waals surface area contributed by atoms with Gasteiger partial charge in [-0.05, 0) is 37.3 Å². The number of hydrogen-bond acceptors (Lipinski definition) is 3. The summed E-state index contributed by atoms with van der Waals surface area (Å²) in [5.74, 6) is -0.134. The van der Waals surface area contributed by atoms with Gasteiger partial charge in [-0.25, -0.2) is 4.98 Å². The molecule has 1 aromatic heterocycles. The number of nitrogens with zero attached hydrogens (tertiary/aromatic N) is 1. The summed E-state index contributed by atoms with van der Waals surface area (Å²) >= 11 is 13.3. The van der Waals surface area contributed by atoms with Crippen molar-refractivity contribution >= 4 is 46.6 Å². The third kappa shape index (κ3) is 4.13. The molecule has 0 fully saturated rings. The van der Waals surface area contributed by atoms with Crippen molar-refractivity contribution in [3.05, 3.63) is 52.8 Å². The molecule has 0 bridgehead atoms. The highest BCUT2D eigenvalue weighted by Crippen LogP contribution is 2.27. The van der Waals surface area contributed by atoms with E-state index in [-0.39, 0.29) is 16.3 Å². The van der Waals surface area contributed by atoms with Crippen LogP contribution in [0.15, 0.2) is 47.5 Å². The Morgan fingerprint density at radius 3 is 2.80 bits per heavy atom. The van der Waals surface area contributed by atoms with Crippen molar-refractivity contribution in [2.45, 2.75) is 17.1 Å². The van der Waals surface area contributed by atoms with E-state index in [4.69, 9.17) is 23.2 Å². The molecule has 0 saturated carbocycles. The van der Waals surface area contributed by atoms with E-state index in [1.54, 1.807) is 24.4 Å². The molecule has 2 aromatic rings. The molecule has 0 saturated heterocycles. The Morgan fingerprint density at radius 2 is 2.10 bits per heavy atom. The number of anilines is 1. The molecule has 1 heterocycles. The first-order valence-corrected chi connectivity index (χ1v) is 7.53. The van der Waals surface area contributed by atoms with Crippen LogP contribution in [0.2, 0.25) is 10.2 Å². The molecule has 2 rings (SSSR count). The van der Waals surface area contributed by atoms with Crippen LogP contribution in [0.25, 0.3) is 0 Å². The van der Waals surface area contributed by atoms with Crippen LogP contribution in [0, 0.1) is 0 Å². The van der Waals surface area contributed by atoms with Gasteiger partial charge >= 0.3 is 0 Å². The van der Waals surface area contributed by atoms with Crippen molar-refractivity contribution < 1.29 is 4.79 Å². The minimum Gasteiger partial charge on any atom is -0.322 e. The number of amides is 1. The smallest absolute Gasteiger partial charge is 0.237 e. The molecule has 104 valence electrons. The van der Waals surface area contributed by atoms with Gasteiger partial charge in [0.25, 0.3) is 0 Å². The molecular weight excluding hydrogens is 315 g/mol. The monoisotopic (exact) mass is 326 g/mol. The molecule has 0 aliphatic heterocycles. The molecule has 1 unspecified atom stereocenters. The number of nitrogens with one attached hydrogen (secondary N) is 1. The average molecular weight is 327 g/mol. The predicted molar refractivity (Wildman–Crippen MR) is 84.6 cm³/mol. The van der Waals surface area contributed by atoms with Crippen LogP contribution in [0.4, 0.5) is 5.69 Å². The summed E-state index contributed by atoms with van der Waals surface area (Å²) in [5, 5.41) is 3.41. The Balaban J connectivity index is 2.01. The number of carbonyl (C=O) groups is 1. The number of benzene rings is 1. The number of pyridine rings is 1. The molecule has 3 nitrogen and oxygen atoms in total. The Kier molecular flexibility index (Phi) is 5.29. The lowest BCUT2D eigenvalue weighted by Gasteiger charge is -2.12. The normalized spacial score (nSPS) is 11.9. The van der Waals surface area contributed by atoms with Gasteiger partial charge in [0.15, 0.2) is 5.15 Å². The number of carbonyl (C=O) groups excluding carboxylic acids is 1. The molecule has 0 radical (unpaired) electrons. The van der Waals surface area contributed by atoms with Crippen LogP contribution in [-0.4, -0.2) is 16.1 Å². The van der Waals surface area contributed by atoms with E-state index < -0.39 is 0 Å². The second kappa shape index (κ2) is 6.97. The fourth-order valence-corrected chi connectivity index (χ4v) is 2.86. The molecule has 6 heteroatoms. The van der Waals surface area contributed by atoms with Gasteiger partial charge in [0, 0.05) is 16.1 Å². The largest absolute Gasteiger partial charge is 0.322 e. The minimum absolute atomic E-state index is 0.134. The summed E-state index contributed by atoms with van der Waals surface area (Å²) in [6.07, 6.45) is 1.57. The van der Waals surface area contributed by atoms with Crippen LogP contribution in [0.3, 0.4) is 0 Å². The standard InChI is InChI=1S/C14H12Cl2N2OS/c1-9(20-11-5-2-4-10(15)8-11)14(19)18-12-6-3-7-17-13(12)16/h2-9H,1H3,(H,18,19). The summed E-state index contributed by atoms with van der Waals surface area (Å²) in [7, 11) is 0. The lowest BCUT2D eigenvalue weighted by Crippen LogP contribution is -2.22. The molecule has 0 spiro atoms. The number of hydrogen-bond donors (Lipinski definition) is 1. The van der Waals surface area contributed by atoms with E-state index in [1.807, 2.05) is 25.1 Å². The Hall–Kier alpha value is -1.23. The van der Waals surface area contributed by atoms with Gasteiger partial charge in [0.05, 0.1) is 10.9 Å². The SMILES string of the molecule is CC(Sc1cccc(Cl)c1)C(=O)Nc1cccnc1Cl. The number of aromatic nitrogens is 1. The summed E-state index contributed by atoms with van der Waals surface area (Å²) < 4.78 is 0. The van der Waals surface area contributed by atoms with E-state index in [9.17, 15) is 4.79 Å². The van der Waals surface area contributed by atoms with Crippen molar-refractivity contribution in [2.75, 3.05) is 5.32 Å². The summed E-state index contributed by atoms with van der Waals surface area (Å²) in [6, 6.07) is 10.8. The van der Waals surface area contributed by atoms with Gasteiger partial charge in [-0.2, -0.15) is 0 Å². The Labute approximate surface area is 131 Å². The van der Waals surface area contributed by atoms with E-state index in [2.05, 4.69) is 10.3 Å². The van der Waals surface area contributed by atoms with Crippen LogP contribution in [0.5, 0.6) is 0 Å². The highest BCUT2D eigenvalue weighted by Gasteiger charge is 2.16. The maximum atomic E-state index is 12.1. The molecule has 1 atom stereocenters. The highest BCUT2D eigenvalue weighted by molar-refractivity contribution is 8.00. The van der Waals surface area contributed by atoms with Gasteiger partial charge < -0.3 is 5.32 Å². The minimum atomic E-state index is -0.273. The van der Waals surface area contributed by atoms with Gasteiger partial charge in [-0.1, -0.05) is 29.3 Å². The number of thioether (sulfide) groups is 1. The summed E-state index contributed by atoms with van der Waals surface area (Å²) in [4.78, 5) is 17.0. The third-order valence-corrected chi connectivity index (χ3v) is 4.13. The molecule has 0 aliphatic carbocycles. The highest BCUT2D eigenvalue weighted by atomic mass is 35.5. The first-order valence-electron chi connectivity index (χ1n) is 5.90. The van der Waals surface area contributed by atoms with E-state index in [0.29, 0.717) is 10.7 Å². The second-order valence-corrected chi connectivity index (χ2v) is 6.26. The third-order valence-electron chi connectivity index (χ3n) is 2.50. The van der Waals surface area contributed by atoms with Crippen molar-refractivity contribution in [3.8, 4) is 0 Å². The Bertz CT molecular complexity index is 622.